The summed E-state index contributed by atoms with van der Waals surface area (Å²) in [4.78, 5) is 6.77. The molecule has 1 aromatic rings. The van der Waals surface area contributed by atoms with E-state index in [2.05, 4.69) is 72.5 Å². The molecule has 0 fully saturated rings. The Morgan fingerprint density at radius 3 is 2.16 bits per heavy atom. The van der Waals surface area contributed by atoms with Crippen LogP contribution in [0.5, 0.6) is 0 Å². The van der Waals surface area contributed by atoms with Gasteiger partial charge in [0, 0.05) is 45.4 Å². The van der Waals surface area contributed by atoms with E-state index in [0.717, 1.165) is 32.2 Å². The Bertz CT molecular complexity index is 489. The Morgan fingerprint density at radius 2 is 1.64 bits per heavy atom. The van der Waals surface area contributed by atoms with E-state index in [1.807, 2.05) is 14.0 Å². The Morgan fingerprint density at radius 1 is 1.04 bits per heavy atom. The van der Waals surface area contributed by atoms with Crippen LogP contribution in [-0.2, 0) is 17.9 Å². The van der Waals surface area contributed by atoms with Gasteiger partial charge < -0.3 is 15.4 Å². The van der Waals surface area contributed by atoms with Crippen LogP contribution in [0.15, 0.2) is 29.3 Å². The third kappa shape index (κ3) is 8.36. The summed E-state index contributed by atoms with van der Waals surface area (Å²) in [6, 6.07) is 9.60. The van der Waals surface area contributed by atoms with Gasteiger partial charge in [-0.05, 0) is 45.7 Å². The summed E-state index contributed by atoms with van der Waals surface area (Å²) in [6.45, 7) is 15.0. The Labute approximate surface area is 153 Å². The summed E-state index contributed by atoms with van der Waals surface area (Å²) in [7, 11) is 1.81. The van der Waals surface area contributed by atoms with Gasteiger partial charge in [0.15, 0.2) is 5.96 Å². The lowest BCUT2D eigenvalue weighted by Crippen LogP contribution is -2.45. The van der Waals surface area contributed by atoms with Crippen LogP contribution in [0.25, 0.3) is 0 Å². The van der Waals surface area contributed by atoms with Crippen molar-refractivity contribution in [2.75, 3.05) is 26.7 Å². The minimum atomic E-state index is 0.548. The minimum absolute atomic E-state index is 0.548. The fourth-order valence-electron chi connectivity index (χ4n) is 2.80. The van der Waals surface area contributed by atoms with Crippen LogP contribution in [-0.4, -0.2) is 49.7 Å². The highest BCUT2D eigenvalue weighted by molar-refractivity contribution is 5.79. The summed E-state index contributed by atoms with van der Waals surface area (Å²) in [6.07, 6.45) is 0. The van der Waals surface area contributed by atoms with Crippen LogP contribution in [0.2, 0.25) is 0 Å². The highest BCUT2D eigenvalue weighted by Crippen LogP contribution is 2.06. The van der Waals surface area contributed by atoms with E-state index in [-0.39, 0.29) is 0 Å². The van der Waals surface area contributed by atoms with Crippen LogP contribution in [0.1, 0.15) is 45.7 Å². The van der Waals surface area contributed by atoms with Crippen molar-refractivity contribution in [1.29, 1.82) is 0 Å². The first-order chi connectivity index (χ1) is 12.0. The molecule has 0 radical (unpaired) electrons. The number of guanidine groups is 1. The fourth-order valence-corrected chi connectivity index (χ4v) is 2.80. The highest BCUT2D eigenvalue weighted by atomic mass is 16.5. The predicted octanol–water partition coefficient (Wildman–Crippen LogP) is 3.01. The van der Waals surface area contributed by atoms with Gasteiger partial charge in [-0.15, -0.1) is 0 Å². The number of benzene rings is 1. The van der Waals surface area contributed by atoms with Crippen molar-refractivity contribution in [3.63, 3.8) is 0 Å². The molecule has 0 aromatic heterocycles. The van der Waals surface area contributed by atoms with E-state index in [9.17, 15) is 0 Å². The minimum Gasteiger partial charge on any atom is -0.377 e. The Kier molecular flexibility index (Phi) is 10.2. The quantitative estimate of drug-likeness (QED) is 0.504. The van der Waals surface area contributed by atoms with Crippen molar-refractivity contribution in [3.05, 3.63) is 35.4 Å². The Hall–Kier alpha value is -1.59. The molecule has 0 heterocycles. The number of nitrogens with zero attached hydrogens (tertiary/aromatic N) is 2. The summed E-state index contributed by atoms with van der Waals surface area (Å²) in [5.41, 5.74) is 2.43. The number of ether oxygens (including phenoxy) is 1. The van der Waals surface area contributed by atoms with E-state index in [1.165, 1.54) is 11.1 Å². The van der Waals surface area contributed by atoms with Crippen molar-refractivity contribution in [2.45, 2.75) is 59.9 Å². The van der Waals surface area contributed by atoms with Crippen LogP contribution in [0, 0.1) is 0 Å². The molecule has 0 amide bonds. The van der Waals surface area contributed by atoms with Gasteiger partial charge in [-0.1, -0.05) is 24.3 Å². The molecule has 142 valence electrons. The fraction of sp³-hybridized carbons (Fsp3) is 0.650. The second kappa shape index (κ2) is 11.9. The molecule has 0 spiro atoms. The first kappa shape index (κ1) is 21.5. The maximum atomic E-state index is 5.42. The lowest BCUT2D eigenvalue weighted by molar-refractivity contribution is 0.134. The summed E-state index contributed by atoms with van der Waals surface area (Å²) >= 11 is 0. The molecular formula is C20H36N4O. The number of hydrogen-bond donors (Lipinski definition) is 2. The smallest absolute Gasteiger partial charge is 0.191 e. The molecule has 0 bridgehead atoms. The molecule has 0 atom stereocenters. The van der Waals surface area contributed by atoms with Gasteiger partial charge in [-0.25, -0.2) is 0 Å². The van der Waals surface area contributed by atoms with E-state index >= 15 is 0 Å². The van der Waals surface area contributed by atoms with E-state index in [1.54, 1.807) is 0 Å². The molecule has 1 rings (SSSR count). The lowest BCUT2D eigenvalue weighted by atomic mass is 10.1. The van der Waals surface area contributed by atoms with Crippen molar-refractivity contribution in [2.24, 2.45) is 4.99 Å². The molecule has 0 saturated heterocycles. The average Bonchev–Trinajstić information content (AvgIpc) is 2.59. The lowest BCUT2D eigenvalue weighted by Gasteiger charge is -2.30. The van der Waals surface area contributed by atoms with Gasteiger partial charge in [0.1, 0.15) is 0 Å². The first-order valence-electron chi connectivity index (χ1n) is 9.33. The monoisotopic (exact) mass is 348 g/mol. The van der Waals surface area contributed by atoms with Crippen LogP contribution >= 0.6 is 0 Å². The normalized spacial score (nSPS) is 12.3. The average molecular weight is 349 g/mol. The van der Waals surface area contributed by atoms with Gasteiger partial charge >= 0.3 is 0 Å². The molecule has 0 aliphatic carbocycles. The van der Waals surface area contributed by atoms with Crippen LogP contribution in [0.3, 0.4) is 0 Å². The standard InChI is InChI=1S/C20H36N4O/c1-7-25-15-19-10-8-18(9-11-19)14-23-20(21-6)22-12-13-24(16(2)3)17(4)5/h8-11,16-17H,7,12-15H2,1-6H3,(H2,21,22,23). The summed E-state index contributed by atoms with van der Waals surface area (Å²) < 4.78 is 5.42. The molecule has 25 heavy (non-hydrogen) atoms. The summed E-state index contributed by atoms with van der Waals surface area (Å²) in [5, 5.41) is 6.77. The summed E-state index contributed by atoms with van der Waals surface area (Å²) in [5.74, 6) is 0.839. The molecule has 0 aliphatic rings. The van der Waals surface area contributed by atoms with Gasteiger partial charge in [-0.2, -0.15) is 0 Å². The highest BCUT2D eigenvalue weighted by Gasteiger charge is 2.12. The molecule has 0 aliphatic heterocycles. The van der Waals surface area contributed by atoms with Gasteiger partial charge in [0.25, 0.3) is 0 Å². The third-order valence-electron chi connectivity index (χ3n) is 4.17. The van der Waals surface area contributed by atoms with E-state index in [0.29, 0.717) is 18.7 Å². The molecule has 5 heteroatoms. The predicted molar refractivity (Wildman–Crippen MR) is 107 cm³/mol. The molecule has 0 saturated carbocycles. The number of nitrogens with one attached hydrogen (secondary N) is 2. The van der Waals surface area contributed by atoms with Crippen LogP contribution in [0.4, 0.5) is 0 Å². The van der Waals surface area contributed by atoms with Crippen molar-refractivity contribution >= 4 is 5.96 Å². The first-order valence-corrected chi connectivity index (χ1v) is 9.33. The van der Waals surface area contributed by atoms with Crippen molar-refractivity contribution in [3.8, 4) is 0 Å². The van der Waals surface area contributed by atoms with Crippen molar-refractivity contribution < 1.29 is 4.74 Å². The number of rotatable bonds is 10. The molecular weight excluding hydrogens is 312 g/mol. The van der Waals surface area contributed by atoms with Crippen molar-refractivity contribution in [1.82, 2.24) is 15.5 Å². The zero-order valence-electron chi connectivity index (χ0n) is 16.8. The largest absolute Gasteiger partial charge is 0.377 e. The third-order valence-corrected chi connectivity index (χ3v) is 4.17. The maximum absolute atomic E-state index is 5.42. The van der Waals surface area contributed by atoms with Crippen LogP contribution < -0.4 is 10.6 Å². The number of aliphatic imine (C=N–C) groups is 1. The topological polar surface area (TPSA) is 48.9 Å². The van der Waals surface area contributed by atoms with E-state index in [4.69, 9.17) is 4.74 Å². The second-order valence-corrected chi connectivity index (χ2v) is 6.73. The molecule has 5 nitrogen and oxygen atoms in total. The second-order valence-electron chi connectivity index (χ2n) is 6.73. The van der Waals surface area contributed by atoms with Gasteiger partial charge in [0.05, 0.1) is 6.61 Å². The molecule has 2 N–H and O–H groups in total. The van der Waals surface area contributed by atoms with E-state index < -0.39 is 0 Å². The zero-order chi connectivity index (χ0) is 18.7. The SMILES string of the molecule is CCOCc1ccc(CNC(=NC)NCCN(C(C)C)C(C)C)cc1. The van der Waals surface area contributed by atoms with Gasteiger partial charge in [-0.3, -0.25) is 9.89 Å². The zero-order valence-corrected chi connectivity index (χ0v) is 16.8. The van der Waals surface area contributed by atoms with Gasteiger partial charge in [0.2, 0.25) is 0 Å². The Balaban J connectivity index is 2.39. The molecule has 1 aromatic carbocycles. The molecule has 0 unspecified atom stereocenters. The maximum Gasteiger partial charge on any atom is 0.191 e. The number of hydrogen-bond acceptors (Lipinski definition) is 3.